The van der Waals surface area contributed by atoms with Gasteiger partial charge in [-0.3, -0.25) is 9.48 Å². The molecule has 2 aromatic heterocycles. The van der Waals surface area contributed by atoms with Crippen LogP contribution in [0.15, 0.2) is 6.33 Å². The largest absolute Gasteiger partial charge is 0.346 e. The Morgan fingerprint density at radius 2 is 2.14 bits per heavy atom. The predicted octanol–water partition coefficient (Wildman–Crippen LogP) is 2.33. The van der Waals surface area contributed by atoms with Crippen LogP contribution in [0.5, 0.6) is 0 Å². The normalized spacial score (nSPS) is 12.6. The van der Waals surface area contributed by atoms with E-state index < -0.39 is 0 Å². The minimum absolute atomic E-state index is 0.0259. The predicted molar refractivity (Wildman–Crippen MR) is 86.6 cm³/mol. The molecule has 120 valence electrons. The first-order valence-corrected chi connectivity index (χ1v) is 8.24. The molecule has 22 heavy (non-hydrogen) atoms. The second-order valence-corrected chi connectivity index (χ2v) is 7.31. The van der Waals surface area contributed by atoms with Crippen LogP contribution in [-0.2, 0) is 18.3 Å². The van der Waals surface area contributed by atoms with Gasteiger partial charge in [0.15, 0.2) is 0 Å². The molecule has 1 amide bonds. The molecule has 0 bridgehead atoms. The summed E-state index contributed by atoms with van der Waals surface area (Å²) in [6.07, 6.45) is 2.65. The number of aromatic nitrogens is 4. The van der Waals surface area contributed by atoms with E-state index in [9.17, 15) is 4.79 Å². The third-order valence-electron chi connectivity index (χ3n) is 3.43. The number of aryl methyl sites for hydroxylation is 3. The molecule has 0 radical (unpaired) electrons. The minimum Gasteiger partial charge on any atom is -0.346 e. The van der Waals surface area contributed by atoms with Gasteiger partial charge in [0, 0.05) is 11.9 Å². The zero-order valence-corrected chi connectivity index (χ0v) is 14.6. The SMILES string of the molecule is Cc1nc(CC(=O)N[C@@H](CC(C)C)c2ncnn2C)c(C)s1. The fourth-order valence-electron chi connectivity index (χ4n) is 2.45. The quantitative estimate of drug-likeness (QED) is 0.886. The summed E-state index contributed by atoms with van der Waals surface area (Å²) in [5.74, 6) is 1.21. The molecule has 6 nitrogen and oxygen atoms in total. The maximum atomic E-state index is 12.4. The summed E-state index contributed by atoms with van der Waals surface area (Å²) < 4.78 is 1.71. The van der Waals surface area contributed by atoms with Crippen LogP contribution in [-0.4, -0.2) is 25.7 Å². The Labute approximate surface area is 135 Å². The molecule has 2 aromatic rings. The van der Waals surface area contributed by atoms with E-state index in [1.54, 1.807) is 16.0 Å². The third kappa shape index (κ3) is 4.13. The van der Waals surface area contributed by atoms with Gasteiger partial charge in [-0.25, -0.2) is 9.97 Å². The van der Waals surface area contributed by atoms with Crippen molar-refractivity contribution in [2.24, 2.45) is 13.0 Å². The maximum Gasteiger partial charge on any atom is 0.226 e. The maximum absolute atomic E-state index is 12.4. The Bertz CT molecular complexity index is 646. The molecule has 2 heterocycles. The molecule has 0 saturated heterocycles. The Morgan fingerprint density at radius 1 is 1.41 bits per heavy atom. The topological polar surface area (TPSA) is 72.7 Å². The number of nitrogens with one attached hydrogen (secondary N) is 1. The van der Waals surface area contributed by atoms with E-state index in [1.165, 1.54) is 6.33 Å². The number of carbonyl (C=O) groups is 1. The molecule has 0 aliphatic heterocycles. The van der Waals surface area contributed by atoms with Crippen molar-refractivity contribution in [2.75, 3.05) is 0 Å². The summed E-state index contributed by atoms with van der Waals surface area (Å²) in [5, 5.41) is 8.17. The number of carbonyl (C=O) groups excluding carboxylic acids is 1. The second kappa shape index (κ2) is 7.00. The van der Waals surface area contributed by atoms with Crippen molar-refractivity contribution >= 4 is 17.2 Å². The first kappa shape index (κ1) is 16.6. The van der Waals surface area contributed by atoms with Crippen LogP contribution in [0.2, 0.25) is 0 Å². The number of nitrogens with zero attached hydrogens (tertiary/aromatic N) is 4. The average molecular weight is 321 g/mol. The first-order chi connectivity index (χ1) is 10.4. The molecule has 0 aromatic carbocycles. The van der Waals surface area contributed by atoms with Gasteiger partial charge in [-0.15, -0.1) is 11.3 Å². The van der Waals surface area contributed by atoms with Crippen molar-refractivity contribution in [3.63, 3.8) is 0 Å². The van der Waals surface area contributed by atoms with Gasteiger partial charge in [0.1, 0.15) is 12.2 Å². The molecule has 0 saturated carbocycles. The van der Waals surface area contributed by atoms with E-state index in [0.29, 0.717) is 12.3 Å². The van der Waals surface area contributed by atoms with E-state index in [0.717, 1.165) is 27.8 Å². The Hall–Kier alpha value is -1.76. The number of thiazole rings is 1. The summed E-state index contributed by atoms with van der Waals surface area (Å²) in [6.45, 7) is 8.22. The van der Waals surface area contributed by atoms with E-state index >= 15 is 0 Å². The van der Waals surface area contributed by atoms with Crippen molar-refractivity contribution in [1.82, 2.24) is 25.1 Å². The summed E-state index contributed by atoms with van der Waals surface area (Å²) in [6, 6.07) is -0.125. The van der Waals surface area contributed by atoms with Crippen LogP contribution >= 0.6 is 11.3 Å². The van der Waals surface area contributed by atoms with Gasteiger partial charge < -0.3 is 5.32 Å². The lowest BCUT2D eigenvalue weighted by molar-refractivity contribution is -0.121. The van der Waals surface area contributed by atoms with Gasteiger partial charge in [0.05, 0.1) is 23.2 Å². The van der Waals surface area contributed by atoms with Crippen molar-refractivity contribution in [2.45, 2.75) is 46.6 Å². The van der Waals surface area contributed by atoms with E-state index in [1.807, 2.05) is 20.9 Å². The number of rotatable bonds is 6. The monoisotopic (exact) mass is 321 g/mol. The number of hydrogen-bond acceptors (Lipinski definition) is 5. The van der Waals surface area contributed by atoms with Gasteiger partial charge in [-0.1, -0.05) is 13.8 Å². The van der Waals surface area contributed by atoms with Gasteiger partial charge in [0.2, 0.25) is 5.91 Å². The zero-order chi connectivity index (χ0) is 16.3. The number of hydrogen-bond donors (Lipinski definition) is 1. The Kier molecular flexibility index (Phi) is 5.28. The van der Waals surface area contributed by atoms with Gasteiger partial charge >= 0.3 is 0 Å². The molecule has 0 aliphatic carbocycles. The van der Waals surface area contributed by atoms with E-state index in [2.05, 4.69) is 34.2 Å². The van der Waals surface area contributed by atoms with Crippen LogP contribution in [0, 0.1) is 19.8 Å². The number of amides is 1. The highest BCUT2D eigenvalue weighted by molar-refractivity contribution is 7.11. The molecule has 2 rings (SSSR count). The summed E-state index contributed by atoms with van der Waals surface area (Å²) in [7, 11) is 1.84. The first-order valence-electron chi connectivity index (χ1n) is 7.43. The molecule has 1 atom stereocenters. The van der Waals surface area contributed by atoms with Crippen molar-refractivity contribution < 1.29 is 4.79 Å². The average Bonchev–Trinajstić information content (AvgIpc) is 2.94. The lowest BCUT2D eigenvalue weighted by Gasteiger charge is -2.19. The molecule has 0 fully saturated rings. The molecule has 1 N–H and O–H groups in total. The fraction of sp³-hybridized carbons (Fsp3) is 0.600. The molecular formula is C15H23N5OS. The van der Waals surface area contributed by atoms with Crippen LogP contribution in [0.1, 0.15) is 47.7 Å². The van der Waals surface area contributed by atoms with Crippen LogP contribution in [0.25, 0.3) is 0 Å². The molecule has 7 heteroatoms. The third-order valence-corrected chi connectivity index (χ3v) is 4.36. The highest BCUT2D eigenvalue weighted by Gasteiger charge is 2.21. The van der Waals surface area contributed by atoms with Gasteiger partial charge in [-0.05, 0) is 26.2 Å². The smallest absolute Gasteiger partial charge is 0.226 e. The Balaban J connectivity index is 2.08. The lowest BCUT2D eigenvalue weighted by atomic mass is 10.0. The van der Waals surface area contributed by atoms with Gasteiger partial charge in [-0.2, -0.15) is 5.10 Å². The Morgan fingerprint density at radius 3 is 2.64 bits per heavy atom. The second-order valence-electron chi connectivity index (χ2n) is 5.90. The van der Waals surface area contributed by atoms with Gasteiger partial charge in [0.25, 0.3) is 0 Å². The summed E-state index contributed by atoms with van der Waals surface area (Å²) >= 11 is 1.62. The lowest BCUT2D eigenvalue weighted by Crippen LogP contribution is -2.32. The molecular weight excluding hydrogens is 298 g/mol. The molecule has 0 aliphatic rings. The van der Waals surface area contributed by atoms with E-state index in [-0.39, 0.29) is 11.9 Å². The van der Waals surface area contributed by atoms with Crippen molar-refractivity contribution in [1.29, 1.82) is 0 Å². The van der Waals surface area contributed by atoms with Crippen molar-refractivity contribution in [3.05, 3.63) is 27.7 Å². The van der Waals surface area contributed by atoms with Crippen LogP contribution in [0.4, 0.5) is 0 Å². The standard InChI is InChI=1S/C15H23N5OS/c1-9(2)6-13(15-16-8-17-20(15)5)19-14(21)7-12-10(3)22-11(4)18-12/h8-9,13H,6-7H2,1-5H3,(H,19,21)/t13-/m0/s1. The van der Waals surface area contributed by atoms with E-state index in [4.69, 9.17) is 0 Å². The van der Waals surface area contributed by atoms with Crippen LogP contribution < -0.4 is 5.32 Å². The summed E-state index contributed by atoms with van der Waals surface area (Å²) in [4.78, 5) is 22.2. The highest BCUT2D eigenvalue weighted by Crippen LogP contribution is 2.20. The molecule has 0 unspecified atom stereocenters. The highest BCUT2D eigenvalue weighted by atomic mass is 32.1. The fourth-order valence-corrected chi connectivity index (χ4v) is 3.29. The van der Waals surface area contributed by atoms with Crippen LogP contribution in [0.3, 0.4) is 0 Å². The summed E-state index contributed by atoms with van der Waals surface area (Å²) in [5.41, 5.74) is 0.862. The van der Waals surface area contributed by atoms with Crippen molar-refractivity contribution in [3.8, 4) is 0 Å². The minimum atomic E-state index is -0.125. The zero-order valence-electron chi connectivity index (χ0n) is 13.8. The molecule has 0 spiro atoms.